The first-order valence-corrected chi connectivity index (χ1v) is 10.9. The minimum absolute atomic E-state index is 0.0136. The van der Waals surface area contributed by atoms with Gasteiger partial charge >= 0.3 is 0 Å². The van der Waals surface area contributed by atoms with Crippen molar-refractivity contribution in [2.75, 3.05) is 12.4 Å². The zero-order valence-corrected chi connectivity index (χ0v) is 18.2. The first-order chi connectivity index (χ1) is 15.5. The Bertz CT molecular complexity index is 1150. The Hall–Kier alpha value is -3.17. The number of para-hydroxylation sites is 1. The number of carbonyl (C=O) groups excluding carboxylic acids is 1. The number of hydrogen-bond acceptors (Lipinski definition) is 7. The van der Waals surface area contributed by atoms with Crippen LogP contribution in [-0.2, 0) is 4.74 Å². The molecule has 2 aromatic heterocycles. The number of nitrogens with one attached hydrogen (secondary N) is 1. The molecule has 166 valence electrons. The molecule has 32 heavy (non-hydrogen) atoms. The van der Waals surface area contributed by atoms with Crippen molar-refractivity contribution in [3.8, 4) is 17.0 Å². The molecule has 2 aliphatic heterocycles. The number of anilines is 2. The zero-order chi connectivity index (χ0) is 22.2. The number of nitrogens with zero attached hydrogens (tertiary/aromatic N) is 4. The summed E-state index contributed by atoms with van der Waals surface area (Å²) in [7, 11) is 1.59. The average Bonchev–Trinajstić information content (AvgIpc) is 3.40. The van der Waals surface area contributed by atoms with E-state index in [1.54, 1.807) is 7.11 Å². The second-order valence-corrected chi connectivity index (χ2v) is 8.46. The molecule has 3 N–H and O–H groups in total. The normalized spacial score (nSPS) is 22.0. The molecule has 0 radical (unpaired) electrons. The average molecular weight is 455 g/mol. The van der Waals surface area contributed by atoms with Crippen molar-refractivity contribution in [1.82, 2.24) is 20.0 Å². The smallest absolute Gasteiger partial charge is 0.271 e. The fourth-order valence-electron chi connectivity index (χ4n) is 4.58. The topological polar surface area (TPSA) is 117 Å². The molecule has 0 saturated carbocycles. The van der Waals surface area contributed by atoms with E-state index in [9.17, 15) is 4.79 Å². The highest BCUT2D eigenvalue weighted by atomic mass is 35.5. The van der Waals surface area contributed by atoms with Crippen molar-refractivity contribution in [2.24, 2.45) is 5.73 Å². The number of halogens is 1. The van der Waals surface area contributed by atoms with Crippen molar-refractivity contribution in [2.45, 2.75) is 43.9 Å². The summed E-state index contributed by atoms with van der Waals surface area (Å²) < 4.78 is 13.7. The van der Waals surface area contributed by atoms with Gasteiger partial charge in [-0.1, -0.05) is 17.7 Å². The van der Waals surface area contributed by atoms with Crippen LogP contribution in [0.2, 0.25) is 5.15 Å². The number of nitrogens with two attached hydrogens (primary N) is 1. The molecule has 2 fully saturated rings. The highest BCUT2D eigenvalue weighted by molar-refractivity contribution is 6.29. The van der Waals surface area contributed by atoms with Gasteiger partial charge in [-0.15, -0.1) is 10.2 Å². The number of aromatic nitrogens is 4. The van der Waals surface area contributed by atoms with Gasteiger partial charge in [0.1, 0.15) is 0 Å². The molecular formula is C22H23ClN6O3. The molecule has 2 saturated heterocycles. The number of benzene rings is 1. The summed E-state index contributed by atoms with van der Waals surface area (Å²) in [6, 6.07) is 9.47. The minimum atomic E-state index is -0.712. The molecule has 1 unspecified atom stereocenters. The van der Waals surface area contributed by atoms with Crippen LogP contribution in [0.1, 0.15) is 42.2 Å². The third-order valence-electron chi connectivity index (χ3n) is 6.01. The van der Waals surface area contributed by atoms with Gasteiger partial charge in [-0.25, -0.2) is 0 Å². The summed E-state index contributed by atoms with van der Waals surface area (Å²) in [5, 5.41) is 15.6. The molecule has 0 spiro atoms. The Morgan fingerprint density at radius 2 is 2.00 bits per heavy atom. The van der Waals surface area contributed by atoms with Crippen molar-refractivity contribution in [3.63, 3.8) is 0 Å². The molecule has 9 nitrogen and oxygen atoms in total. The first-order valence-electron chi connectivity index (χ1n) is 10.5. The molecule has 4 heterocycles. The molecular weight excluding hydrogens is 432 g/mol. The molecule has 5 rings (SSSR count). The van der Waals surface area contributed by atoms with Crippen LogP contribution in [0, 0.1) is 0 Å². The van der Waals surface area contributed by atoms with Crippen LogP contribution >= 0.6 is 11.6 Å². The van der Waals surface area contributed by atoms with E-state index in [1.165, 1.54) is 6.07 Å². The Labute approximate surface area is 189 Å². The van der Waals surface area contributed by atoms with E-state index in [-0.39, 0.29) is 10.8 Å². The van der Waals surface area contributed by atoms with Crippen molar-refractivity contribution >= 4 is 28.9 Å². The highest BCUT2D eigenvalue weighted by Gasteiger charge is 2.36. The minimum Gasteiger partial charge on any atom is -0.494 e. The predicted molar refractivity (Wildman–Crippen MR) is 119 cm³/mol. The van der Waals surface area contributed by atoms with E-state index in [4.69, 9.17) is 31.9 Å². The fraction of sp³-hybridized carbons (Fsp3) is 0.364. The molecule has 3 atom stereocenters. The van der Waals surface area contributed by atoms with Crippen LogP contribution < -0.4 is 15.8 Å². The van der Waals surface area contributed by atoms with Crippen LogP contribution in [-0.4, -0.2) is 45.2 Å². The highest BCUT2D eigenvalue weighted by Crippen LogP contribution is 2.40. The largest absolute Gasteiger partial charge is 0.494 e. The van der Waals surface area contributed by atoms with E-state index in [1.807, 2.05) is 35.1 Å². The van der Waals surface area contributed by atoms with Gasteiger partial charge in [-0.05, 0) is 43.9 Å². The van der Waals surface area contributed by atoms with Crippen molar-refractivity contribution in [1.29, 1.82) is 0 Å². The van der Waals surface area contributed by atoms with Crippen LogP contribution in [0.3, 0.4) is 0 Å². The Morgan fingerprint density at radius 1 is 1.22 bits per heavy atom. The second kappa shape index (κ2) is 8.40. The SMILES string of the molecule is COc1c(Nc2cc(Cl)nnc2C(N)=O)cccc1-c1ccn(C2C[C@H]3CC[C@@H](C2)O3)n1. The molecule has 0 aliphatic carbocycles. The predicted octanol–water partition coefficient (Wildman–Crippen LogP) is 3.73. The maximum Gasteiger partial charge on any atom is 0.271 e. The number of ether oxygens (including phenoxy) is 2. The maximum atomic E-state index is 11.8. The first kappa shape index (κ1) is 20.7. The van der Waals surface area contributed by atoms with E-state index in [0.717, 1.165) is 36.9 Å². The lowest BCUT2D eigenvalue weighted by Crippen LogP contribution is -2.27. The number of hydrogen-bond donors (Lipinski definition) is 2. The lowest BCUT2D eigenvalue weighted by Gasteiger charge is -2.28. The number of fused-ring (bicyclic) bond motifs is 2. The Kier molecular flexibility index (Phi) is 5.44. The van der Waals surface area contributed by atoms with Crippen LogP contribution in [0.25, 0.3) is 11.3 Å². The number of rotatable bonds is 6. The summed E-state index contributed by atoms with van der Waals surface area (Å²) in [6.07, 6.45) is 6.95. The maximum absolute atomic E-state index is 11.8. The number of carbonyl (C=O) groups is 1. The van der Waals surface area contributed by atoms with Crippen LogP contribution in [0.5, 0.6) is 5.75 Å². The summed E-state index contributed by atoms with van der Waals surface area (Å²) in [5.74, 6) is -0.135. The van der Waals surface area contributed by atoms with Gasteiger partial charge in [-0.2, -0.15) is 5.10 Å². The Morgan fingerprint density at radius 3 is 2.72 bits per heavy atom. The zero-order valence-electron chi connectivity index (χ0n) is 17.5. The van der Waals surface area contributed by atoms with Gasteiger partial charge < -0.3 is 20.5 Å². The van der Waals surface area contributed by atoms with Crippen molar-refractivity contribution in [3.05, 3.63) is 47.4 Å². The second-order valence-electron chi connectivity index (χ2n) is 8.07. The van der Waals surface area contributed by atoms with Gasteiger partial charge in [0.05, 0.1) is 42.4 Å². The third-order valence-corrected chi connectivity index (χ3v) is 6.19. The Balaban J connectivity index is 1.46. The molecule has 10 heteroatoms. The van der Waals surface area contributed by atoms with E-state index in [2.05, 4.69) is 15.5 Å². The molecule has 1 aromatic carbocycles. The lowest BCUT2D eigenvalue weighted by atomic mass is 10.0. The lowest BCUT2D eigenvalue weighted by molar-refractivity contribution is -0.0180. The summed E-state index contributed by atoms with van der Waals surface area (Å²) >= 11 is 5.97. The summed E-state index contributed by atoms with van der Waals surface area (Å²) in [5.41, 5.74) is 8.00. The van der Waals surface area contributed by atoms with Gasteiger partial charge in [0.2, 0.25) is 0 Å². The standard InChI is InChI=1S/C22H23ClN6O3/c1-31-21-15(16-7-8-29(28-16)12-9-13-5-6-14(10-12)32-13)3-2-4-17(21)25-18-11-19(23)26-27-20(18)22(24)30/h2-4,7-8,11-14H,5-6,9-10H2,1H3,(H2,24,30)(H,25,26)/t12?,13-,14+. The van der Waals surface area contributed by atoms with Gasteiger partial charge in [0, 0.05) is 17.8 Å². The molecule has 2 bridgehead atoms. The van der Waals surface area contributed by atoms with E-state index < -0.39 is 5.91 Å². The van der Waals surface area contributed by atoms with Gasteiger partial charge in [-0.3, -0.25) is 9.48 Å². The van der Waals surface area contributed by atoms with E-state index in [0.29, 0.717) is 35.4 Å². The third kappa shape index (κ3) is 3.89. The monoisotopic (exact) mass is 454 g/mol. The number of amides is 1. The molecule has 3 aromatic rings. The van der Waals surface area contributed by atoms with E-state index >= 15 is 0 Å². The van der Waals surface area contributed by atoms with Gasteiger partial charge in [0.25, 0.3) is 5.91 Å². The van der Waals surface area contributed by atoms with Crippen LogP contribution in [0.15, 0.2) is 36.5 Å². The number of methoxy groups -OCH3 is 1. The molecule has 2 aliphatic rings. The summed E-state index contributed by atoms with van der Waals surface area (Å²) in [4.78, 5) is 11.8. The quantitative estimate of drug-likeness (QED) is 0.582. The number of primary amides is 1. The van der Waals surface area contributed by atoms with Crippen molar-refractivity contribution < 1.29 is 14.3 Å². The molecule has 1 amide bonds. The summed E-state index contributed by atoms with van der Waals surface area (Å²) in [6.45, 7) is 0. The van der Waals surface area contributed by atoms with Gasteiger partial charge in [0.15, 0.2) is 16.6 Å². The fourth-order valence-corrected chi connectivity index (χ4v) is 4.73. The van der Waals surface area contributed by atoms with Crippen LogP contribution in [0.4, 0.5) is 11.4 Å².